The molecule has 1 unspecified atom stereocenters. The lowest BCUT2D eigenvalue weighted by atomic mass is 10.1. The molecule has 40 heavy (non-hydrogen) atoms. The van der Waals surface area contributed by atoms with Gasteiger partial charge in [-0.25, -0.2) is 18.4 Å². The topological polar surface area (TPSA) is 78.4 Å². The summed E-state index contributed by atoms with van der Waals surface area (Å²) in [6.45, 7) is 7.18. The molecule has 0 aliphatic carbocycles. The number of sulfonamides is 1. The van der Waals surface area contributed by atoms with Gasteiger partial charge in [-0.15, -0.1) is 0 Å². The predicted octanol–water partition coefficient (Wildman–Crippen LogP) is 5.69. The van der Waals surface area contributed by atoms with E-state index in [9.17, 15) is 8.42 Å². The first kappa shape index (κ1) is 28.2. The summed E-state index contributed by atoms with van der Waals surface area (Å²) < 4.78 is 28.3. The maximum Gasteiger partial charge on any atom is 0.243 e. The zero-order valence-electron chi connectivity index (χ0n) is 23.5. The molecule has 3 aromatic carbocycles. The van der Waals surface area contributed by atoms with Crippen LogP contribution in [0, 0.1) is 0 Å². The number of nitrogens with one attached hydrogen (secondary N) is 1. The first-order valence-electron chi connectivity index (χ1n) is 14.3. The third-order valence-electron chi connectivity index (χ3n) is 7.74. The number of aryl methyl sites for hydroxylation is 1. The van der Waals surface area contributed by atoms with Crippen LogP contribution in [-0.4, -0.2) is 60.3 Å². The van der Waals surface area contributed by atoms with Crippen LogP contribution in [0.4, 0.5) is 5.82 Å². The molecule has 1 fully saturated rings. The van der Waals surface area contributed by atoms with Crippen LogP contribution in [0.25, 0.3) is 10.9 Å². The van der Waals surface area contributed by atoms with Crippen molar-refractivity contribution < 1.29 is 8.42 Å². The Hall–Kier alpha value is -3.33. The third kappa shape index (κ3) is 6.52. The van der Waals surface area contributed by atoms with E-state index in [-0.39, 0.29) is 6.04 Å². The Balaban J connectivity index is 1.25. The molecule has 2 heterocycles. The van der Waals surface area contributed by atoms with Gasteiger partial charge in [-0.3, -0.25) is 4.90 Å². The van der Waals surface area contributed by atoms with Gasteiger partial charge in [0.15, 0.2) is 0 Å². The SMILES string of the molecule is CCCCc1ccc(S(=O)(=O)N2CCN(C(C)c3nc(NCCc4ccccc4)c4ccccc4n3)CC2)cc1. The average Bonchev–Trinajstić information content (AvgIpc) is 3.00. The smallest absolute Gasteiger partial charge is 0.243 e. The van der Waals surface area contributed by atoms with E-state index in [1.54, 1.807) is 16.4 Å². The Bertz CT molecular complexity index is 1500. The van der Waals surface area contributed by atoms with Crippen LogP contribution < -0.4 is 5.32 Å². The molecule has 1 aliphatic heterocycles. The van der Waals surface area contributed by atoms with E-state index < -0.39 is 10.0 Å². The number of unbranched alkanes of at least 4 members (excludes halogenated alkanes) is 1. The number of fused-ring (bicyclic) bond motifs is 1. The minimum atomic E-state index is -3.52. The highest BCUT2D eigenvalue weighted by molar-refractivity contribution is 7.89. The summed E-state index contributed by atoms with van der Waals surface area (Å²) in [5.41, 5.74) is 3.37. The highest BCUT2D eigenvalue weighted by Gasteiger charge is 2.31. The van der Waals surface area contributed by atoms with Gasteiger partial charge in [0.2, 0.25) is 10.0 Å². The number of aromatic nitrogens is 2. The van der Waals surface area contributed by atoms with E-state index in [1.807, 2.05) is 36.4 Å². The van der Waals surface area contributed by atoms with Crippen LogP contribution in [0.3, 0.4) is 0 Å². The minimum absolute atomic E-state index is 0.0398. The Morgan fingerprint density at radius 2 is 1.50 bits per heavy atom. The zero-order chi connectivity index (χ0) is 28.0. The first-order chi connectivity index (χ1) is 19.5. The van der Waals surface area contributed by atoms with Gasteiger partial charge in [-0.1, -0.05) is 67.9 Å². The minimum Gasteiger partial charge on any atom is -0.369 e. The lowest BCUT2D eigenvalue weighted by Gasteiger charge is -2.37. The number of piperazine rings is 1. The third-order valence-corrected chi connectivity index (χ3v) is 9.66. The second kappa shape index (κ2) is 12.9. The van der Waals surface area contributed by atoms with Crippen molar-refractivity contribution in [2.75, 3.05) is 38.0 Å². The van der Waals surface area contributed by atoms with E-state index in [1.165, 1.54) is 11.1 Å². The molecule has 1 saturated heterocycles. The lowest BCUT2D eigenvalue weighted by molar-refractivity contribution is 0.141. The predicted molar refractivity (Wildman–Crippen MR) is 162 cm³/mol. The van der Waals surface area contributed by atoms with Gasteiger partial charge in [0.05, 0.1) is 16.5 Å². The second-order valence-corrected chi connectivity index (χ2v) is 12.4. The van der Waals surface area contributed by atoms with Gasteiger partial charge in [0, 0.05) is 38.1 Å². The van der Waals surface area contributed by atoms with E-state index in [2.05, 4.69) is 54.4 Å². The van der Waals surface area contributed by atoms with Crippen molar-refractivity contribution in [3.8, 4) is 0 Å². The molecule has 1 aromatic heterocycles. The van der Waals surface area contributed by atoms with E-state index in [4.69, 9.17) is 9.97 Å². The molecule has 1 atom stereocenters. The maximum atomic E-state index is 13.3. The molecule has 1 N–H and O–H groups in total. The summed E-state index contributed by atoms with van der Waals surface area (Å²) in [5, 5.41) is 4.54. The molecule has 0 amide bonds. The molecule has 1 aliphatic rings. The number of nitrogens with zero attached hydrogens (tertiary/aromatic N) is 4. The van der Waals surface area contributed by atoms with E-state index in [0.29, 0.717) is 31.1 Å². The number of rotatable bonds is 11. The van der Waals surface area contributed by atoms with Crippen LogP contribution in [0.2, 0.25) is 0 Å². The van der Waals surface area contributed by atoms with E-state index >= 15 is 0 Å². The second-order valence-electron chi connectivity index (χ2n) is 10.5. The summed E-state index contributed by atoms with van der Waals surface area (Å²) in [7, 11) is -3.52. The molecular weight excluding hydrogens is 518 g/mol. The fraction of sp³-hybridized carbons (Fsp3) is 0.375. The number of anilines is 1. The lowest BCUT2D eigenvalue weighted by Crippen LogP contribution is -2.49. The number of para-hydroxylation sites is 1. The molecule has 0 spiro atoms. The van der Waals surface area contributed by atoms with Crippen molar-refractivity contribution in [1.29, 1.82) is 0 Å². The van der Waals surface area contributed by atoms with Crippen LogP contribution in [-0.2, 0) is 22.9 Å². The Morgan fingerprint density at radius 3 is 2.23 bits per heavy atom. The van der Waals surface area contributed by atoms with Crippen LogP contribution >= 0.6 is 0 Å². The fourth-order valence-corrected chi connectivity index (χ4v) is 6.66. The molecule has 5 rings (SSSR count). The van der Waals surface area contributed by atoms with Crippen molar-refractivity contribution in [2.45, 2.75) is 50.5 Å². The molecular formula is C32H39N5O2S. The summed E-state index contributed by atoms with van der Waals surface area (Å²) in [5.74, 6) is 1.59. The molecule has 0 radical (unpaired) electrons. The van der Waals surface area contributed by atoms with Gasteiger partial charge in [-0.2, -0.15) is 4.31 Å². The number of hydrogen-bond acceptors (Lipinski definition) is 6. The highest BCUT2D eigenvalue weighted by Crippen LogP contribution is 2.27. The van der Waals surface area contributed by atoms with Gasteiger partial charge < -0.3 is 5.32 Å². The number of benzene rings is 3. The monoisotopic (exact) mass is 557 g/mol. The van der Waals surface area contributed by atoms with Crippen LogP contribution in [0.1, 0.15) is 49.7 Å². The Morgan fingerprint density at radius 1 is 0.825 bits per heavy atom. The van der Waals surface area contributed by atoms with Gasteiger partial charge in [0.25, 0.3) is 0 Å². The summed E-state index contributed by atoms with van der Waals surface area (Å²) in [6, 6.07) is 25.9. The summed E-state index contributed by atoms with van der Waals surface area (Å²) >= 11 is 0. The van der Waals surface area contributed by atoms with Crippen LogP contribution in [0.5, 0.6) is 0 Å². The molecule has 210 valence electrons. The summed E-state index contributed by atoms with van der Waals surface area (Å²) in [6.07, 6.45) is 4.12. The zero-order valence-corrected chi connectivity index (χ0v) is 24.3. The Labute approximate surface area is 238 Å². The fourth-order valence-electron chi connectivity index (χ4n) is 5.24. The van der Waals surface area contributed by atoms with Gasteiger partial charge in [0.1, 0.15) is 11.6 Å². The van der Waals surface area contributed by atoms with Crippen molar-refractivity contribution in [3.63, 3.8) is 0 Å². The molecule has 0 bridgehead atoms. The average molecular weight is 558 g/mol. The van der Waals surface area contributed by atoms with Crippen molar-refractivity contribution in [2.24, 2.45) is 0 Å². The highest BCUT2D eigenvalue weighted by atomic mass is 32.2. The van der Waals surface area contributed by atoms with E-state index in [0.717, 1.165) is 54.8 Å². The van der Waals surface area contributed by atoms with Gasteiger partial charge >= 0.3 is 0 Å². The Kier molecular flexibility index (Phi) is 9.09. The van der Waals surface area contributed by atoms with Crippen LogP contribution in [0.15, 0.2) is 83.8 Å². The largest absolute Gasteiger partial charge is 0.369 e. The first-order valence-corrected chi connectivity index (χ1v) is 15.8. The quantitative estimate of drug-likeness (QED) is 0.255. The molecule has 7 nitrogen and oxygen atoms in total. The standard InChI is InChI=1S/C32H39N5O2S/c1-3-4-10-27-15-17-28(18-16-27)40(38,39)37-23-21-36(22-24-37)25(2)31-34-30-14-9-8-13-29(30)32(35-31)33-20-19-26-11-6-5-7-12-26/h5-9,11-18,25H,3-4,10,19-24H2,1-2H3,(H,33,34,35). The van der Waals surface area contributed by atoms with Crippen molar-refractivity contribution in [3.05, 3.63) is 95.8 Å². The van der Waals surface area contributed by atoms with Crippen molar-refractivity contribution >= 4 is 26.7 Å². The molecule has 4 aromatic rings. The summed E-state index contributed by atoms with van der Waals surface area (Å²) in [4.78, 5) is 12.5. The van der Waals surface area contributed by atoms with Gasteiger partial charge in [-0.05, 0) is 61.6 Å². The molecule has 8 heteroatoms. The maximum absolute atomic E-state index is 13.3. The normalized spacial score (nSPS) is 15.8. The molecule has 0 saturated carbocycles. The van der Waals surface area contributed by atoms with Crippen molar-refractivity contribution in [1.82, 2.24) is 19.2 Å². The number of hydrogen-bond donors (Lipinski definition) is 1.